The number of aryl methyl sites for hydroxylation is 3. The molecule has 1 aliphatic rings. The van der Waals surface area contributed by atoms with Crippen molar-refractivity contribution in [3.63, 3.8) is 0 Å². The Hall–Kier alpha value is -2.66. The lowest BCUT2D eigenvalue weighted by atomic mass is 9.69. The van der Waals surface area contributed by atoms with E-state index in [1.807, 2.05) is 19.1 Å². The van der Waals surface area contributed by atoms with E-state index >= 15 is 0 Å². The first-order valence-electron chi connectivity index (χ1n) is 14.3. The Kier molecular flexibility index (Phi) is 9.13. The van der Waals surface area contributed by atoms with E-state index in [0.717, 1.165) is 56.9 Å². The number of hydrogen-bond acceptors (Lipinski definition) is 3. The minimum absolute atomic E-state index is 0.191. The Morgan fingerprint density at radius 3 is 1.97 bits per heavy atom. The summed E-state index contributed by atoms with van der Waals surface area (Å²) in [4.78, 5) is 26.2. The molecule has 0 atom stereocenters. The number of carboxylic acid groups (broad SMARTS) is 1. The van der Waals surface area contributed by atoms with Gasteiger partial charge in [0.15, 0.2) is 0 Å². The van der Waals surface area contributed by atoms with E-state index in [1.165, 1.54) is 47.4 Å². The largest absolute Gasteiger partial charge is 0.480 e. The van der Waals surface area contributed by atoms with Crippen molar-refractivity contribution in [2.75, 3.05) is 7.05 Å². The molecule has 5 heteroatoms. The molecule has 0 unspecified atom stereocenters. The molecule has 0 bridgehead atoms. The number of amides is 1. The number of rotatable bonds is 10. The Morgan fingerprint density at radius 2 is 1.47 bits per heavy atom. The van der Waals surface area contributed by atoms with Crippen LogP contribution in [0.5, 0.6) is 0 Å². The van der Waals surface area contributed by atoms with E-state index in [1.54, 1.807) is 7.05 Å². The van der Waals surface area contributed by atoms with Crippen LogP contribution >= 0.6 is 0 Å². The van der Waals surface area contributed by atoms with Gasteiger partial charge >= 0.3 is 5.97 Å². The molecular formula is C33H47NO4. The molecule has 0 aliphatic heterocycles. The maximum absolute atomic E-state index is 13.2. The van der Waals surface area contributed by atoms with E-state index in [4.69, 9.17) is 0 Å². The summed E-state index contributed by atoms with van der Waals surface area (Å²) >= 11 is 0. The highest BCUT2D eigenvalue weighted by molar-refractivity contribution is 5.98. The summed E-state index contributed by atoms with van der Waals surface area (Å²) in [6.07, 6.45) is 8.87. The van der Waals surface area contributed by atoms with Crippen LogP contribution in [0.15, 0.2) is 36.4 Å². The predicted octanol–water partition coefficient (Wildman–Crippen LogP) is 6.97. The number of nitrogens with zero attached hydrogens (tertiary/aromatic N) is 1. The van der Waals surface area contributed by atoms with Crippen molar-refractivity contribution in [2.24, 2.45) is 0 Å². The van der Waals surface area contributed by atoms with Crippen molar-refractivity contribution in [2.45, 2.75) is 116 Å². The molecule has 0 spiro atoms. The quantitative estimate of drug-likeness (QED) is 0.354. The molecule has 2 aromatic rings. The molecule has 208 valence electrons. The van der Waals surface area contributed by atoms with Gasteiger partial charge in [0, 0.05) is 18.0 Å². The first-order chi connectivity index (χ1) is 17.8. The minimum Gasteiger partial charge on any atom is -0.480 e. The molecule has 1 fully saturated rings. The summed E-state index contributed by atoms with van der Waals surface area (Å²) < 4.78 is 0. The van der Waals surface area contributed by atoms with Gasteiger partial charge in [-0.25, -0.2) is 4.79 Å². The summed E-state index contributed by atoms with van der Waals surface area (Å²) in [6, 6.07) is 12.8. The average molecular weight is 522 g/mol. The van der Waals surface area contributed by atoms with E-state index in [-0.39, 0.29) is 11.3 Å². The van der Waals surface area contributed by atoms with Crippen molar-refractivity contribution in [1.29, 1.82) is 0 Å². The fraction of sp³-hybridized carbons (Fsp3) is 0.576. The van der Waals surface area contributed by atoms with Crippen LogP contribution in [-0.2, 0) is 16.6 Å². The number of aliphatic hydroxyl groups is 1. The number of carbonyl (C=O) groups is 2. The predicted molar refractivity (Wildman–Crippen MR) is 154 cm³/mol. The summed E-state index contributed by atoms with van der Waals surface area (Å²) in [5.41, 5.74) is 4.37. The van der Waals surface area contributed by atoms with Gasteiger partial charge in [0.25, 0.3) is 5.91 Å². The second kappa shape index (κ2) is 11.6. The minimum atomic E-state index is -1.30. The molecular weight excluding hydrogens is 474 g/mol. The first kappa shape index (κ1) is 29.9. The van der Waals surface area contributed by atoms with Crippen LogP contribution in [0.25, 0.3) is 0 Å². The standard InChI is InChI=1S/C33H47NO4/c1-8-33(9-2,26-14-13-25(23(3)21-26)17-20-32(38)18-11-10-12-19-32)27-15-16-28(24(4)22-27)29(35)34(7)31(5,6)30(36)37/h13-16,21-22,38H,8-12,17-20H2,1-7H3,(H,36,37). The van der Waals surface area contributed by atoms with Gasteiger partial charge < -0.3 is 15.1 Å². The third kappa shape index (κ3) is 5.83. The molecule has 38 heavy (non-hydrogen) atoms. The monoisotopic (exact) mass is 521 g/mol. The van der Waals surface area contributed by atoms with E-state index < -0.39 is 17.1 Å². The molecule has 0 radical (unpaired) electrons. The number of likely N-dealkylation sites (N-methyl/N-ethyl adjacent to an activating group) is 1. The molecule has 3 rings (SSSR count). The highest BCUT2D eigenvalue weighted by atomic mass is 16.4. The fourth-order valence-corrected chi connectivity index (χ4v) is 6.11. The number of hydrogen-bond donors (Lipinski definition) is 2. The summed E-state index contributed by atoms with van der Waals surface area (Å²) in [5, 5.41) is 20.5. The van der Waals surface area contributed by atoms with Crippen LogP contribution in [0.3, 0.4) is 0 Å². The fourth-order valence-electron chi connectivity index (χ4n) is 6.11. The molecule has 5 nitrogen and oxygen atoms in total. The van der Waals surface area contributed by atoms with Crippen molar-refractivity contribution in [3.8, 4) is 0 Å². The van der Waals surface area contributed by atoms with Crippen molar-refractivity contribution in [1.82, 2.24) is 4.90 Å². The summed E-state index contributed by atoms with van der Waals surface area (Å²) in [7, 11) is 1.55. The van der Waals surface area contributed by atoms with Crippen LogP contribution in [0.1, 0.15) is 117 Å². The average Bonchev–Trinajstić information content (AvgIpc) is 2.89. The summed E-state index contributed by atoms with van der Waals surface area (Å²) in [5.74, 6) is -1.33. The third-order valence-electron chi connectivity index (χ3n) is 9.42. The van der Waals surface area contributed by atoms with Crippen LogP contribution in [0, 0.1) is 13.8 Å². The van der Waals surface area contributed by atoms with Crippen molar-refractivity contribution in [3.05, 3.63) is 69.8 Å². The normalized spacial score (nSPS) is 15.8. The SMILES string of the molecule is CCC(CC)(c1ccc(CCC2(O)CCCCC2)c(C)c1)c1ccc(C(=O)N(C)C(C)(C)C(=O)O)c(C)c1. The lowest BCUT2D eigenvalue weighted by molar-refractivity contribution is -0.147. The lowest BCUT2D eigenvalue weighted by Crippen LogP contribution is -2.50. The van der Waals surface area contributed by atoms with E-state index in [2.05, 4.69) is 45.0 Å². The molecule has 0 aromatic heterocycles. The second-order valence-corrected chi connectivity index (χ2v) is 12.0. The number of carbonyl (C=O) groups excluding carboxylic acids is 1. The zero-order chi connectivity index (χ0) is 28.3. The number of carboxylic acids is 1. The van der Waals surface area contributed by atoms with Gasteiger partial charge in [-0.05, 0) is 100 Å². The topological polar surface area (TPSA) is 77.8 Å². The van der Waals surface area contributed by atoms with Crippen LogP contribution in [0.4, 0.5) is 0 Å². The lowest BCUT2D eigenvalue weighted by Gasteiger charge is -2.35. The Morgan fingerprint density at radius 1 is 0.921 bits per heavy atom. The van der Waals surface area contributed by atoms with Gasteiger partial charge in [-0.2, -0.15) is 0 Å². The molecule has 1 amide bonds. The highest BCUT2D eigenvalue weighted by Crippen LogP contribution is 2.41. The molecule has 0 saturated heterocycles. The number of benzene rings is 2. The first-order valence-corrected chi connectivity index (χ1v) is 14.3. The molecule has 0 heterocycles. The Labute approximate surface area is 229 Å². The van der Waals surface area contributed by atoms with Gasteiger partial charge in [0.1, 0.15) is 5.54 Å². The van der Waals surface area contributed by atoms with E-state index in [0.29, 0.717) is 5.56 Å². The molecule has 1 saturated carbocycles. The van der Waals surface area contributed by atoms with Gasteiger partial charge in [-0.3, -0.25) is 4.79 Å². The van der Waals surface area contributed by atoms with Gasteiger partial charge in [0.05, 0.1) is 5.60 Å². The van der Waals surface area contributed by atoms with Gasteiger partial charge in [-0.1, -0.05) is 63.4 Å². The smallest absolute Gasteiger partial charge is 0.329 e. The van der Waals surface area contributed by atoms with Crippen molar-refractivity contribution >= 4 is 11.9 Å². The van der Waals surface area contributed by atoms with Crippen LogP contribution < -0.4 is 0 Å². The maximum Gasteiger partial charge on any atom is 0.329 e. The number of aliphatic carboxylic acids is 1. The van der Waals surface area contributed by atoms with Crippen LogP contribution in [-0.4, -0.2) is 45.2 Å². The van der Waals surface area contributed by atoms with E-state index in [9.17, 15) is 19.8 Å². The Balaban J connectivity index is 1.89. The zero-order valence-electron chi connectivity index (χ0n) is 24.5. The van der Waals surface area contributed by atoms with Gasteiger partial charge in [0.2, 0.25) is 0 Å². The summed E-state index contributed by atoms with van der Waals surface area (Å²) in [6.45, 7) is 11.6. The maximum atomic E-state index is 13.2. The van der Waals surface area contributed by atoms with Crippen molar-refractivity contribution < 1.29 is 19.8 Å². The Bertz CT molecular complexity index is 1160. The zero-order valence-corrected chi connectivity index (χ0v) is 24.5. The highest BCUT2D eigenvalue weighted by Gasteiger charge is 2.37. The van der Waals surface area contributed by atoms with Gasteiger partial charge in [-0.15, -0.1) is 0 Å². The van der Waals surface area contributed by atoms with Crippen LogP contribution in [0.2, 0.25) is 0 Å². The second-order valence-electron chi connectivity index (χ2n) is 12.0. The molecule has 2 aromatic carbocycles. The molecule has 1 aliphatic carbocycles. The molecule has 2 N–H and O–H groups in total. The third-order valence-corrected chi connectivity index (χ3v) is 9.42.